The summed E-state index contributed by atoms with van der Waals surface area (Å²) in [6, 6.07) is 7.35. The van der Waals surface area contributed by atoms with E-state index in [0.29, 0.717) is 0 Å². The Balaban J connectivity index is 2.09. The van der Waals surface area contributed by atoms with Crippen molar-refractivity contribution in [1.29, 1.82) is 0 Å². The van der Waals surface area contributed by atoms with E-state index in [1.807, 2.05) is 36.6 Å². The van der Waals surface area contributed by atoms with Crippen LogP contribution in [-0.2, 0) is 0 Å². The molecule has 0 amide bonds. The van der Waals surface area contributed by atoms with E-state index in [1.54, 1.807) is 7.11 Å². The van der Waals surface area contributed by atoms with Gasteiger partial charge in [-0.1, -0.05) is 11.6 Å². The van der Waals surface area contributed by atoms with Crippen LogP contribution in [0.5, 0.6) is 5.75 Å². The average molecular weight is 308 g/mol. The normalized spacial score (nSPS) is 12.8. The van der Waals surface area contributed by atoms with Gasteiger partial charge in [0.1, 0.15) is 17.1 Å². The Morgan fingerprint density at radius 3 is 2.80 bits per heavy atom. The van der Waals surface area contributed by atoms with Gasteiger partial charge in [-0.15, -0.1) is 11.3 Å². The Hall–Kier alpha value is -1.49. The molecule has 1 atom stereocenters. The quantitative estimate of drug-likeness (QED) is 0.774. The molecule has 0 aliphatic rings. The lowest BCUT2D eigenvalue weighted by Gasteiger charge is -2.07. The number of ether oxygens (including phenoxy) is 1. The summed E-state index contributed by atoms with van der Waals surface area (Å²) in [4.78, 5) is 0. The molecule has 5 heteroatoms. The van der Waals surface area contributed by atoms with Crippen molar-refractivity contribution in [1.82, 2.24) is 0 Å². The Labute approximate surface area is 125 Å². The van der Waals surface area contributed by atoms with Crippen molar-refractivity contribution < 1.29 is 9.15 Å². The highest BCUT2D eigenvalue weighted by molar-refractivity contribution is 7.14. The summed E-state index contributed by atoms with van der Waals surface area (Å²) in [6.07, 6.45) is 0. The molecule has 0 bridgehead atoms. The zero-order chi connectivity index (χ0) is 14.3. The number of furan rings is 1. The molecule has 104 valence electrons. The van der Waals surface area contributed by atoms with Gasteiger partial charge in [-0.25, -0.2) is 0 Å². The Bertz CT molecular complexity index is 762. The van der Waals surface area contributed by atoms with E-state index in [1.165, 1.54) is 11.3 Å². The highest BCUT2D eigenvalue weighted by atomic mass is 35.5. The third-order valence-corrected chi connectivity index (χ3v) is 4.52. The minimum absolute atomic E-state index is 0.308. The maximum atomic E-state index is 6.29. The van der Waals surface area contributed by atoms with Crippen molar-refractivity contribution in [2.24, 2.45) is 5.73 Å². The van der Waals surface area contributed by atoms with Crippen LogP contribution in [0, 0.1) is 6.92 Å². The zero-order valence-corrected chi connectivity index (χ0v) is 12.7. The van der Waals surface area contributed by atoms with Crippen LogP contribution < -0.4 is 10.5 Å². The fraction of sp³-hybridized carbons (Fsp3) is 0.200. The maximum Gasteiger partial charge on any atom is 0.138 e. The smallest absolute Gasteiger partial charge is 0.138 e. The molecule has 2 N–H and O–H groups in total. The van der Waals surface area contributed by atoms with Crippen LogP contribution in [0.2, 0.25) is 4.34 Å². The van der Waals surface area contributed by atoms with Gasteiger partial charge in [0.2, 0.25) is 0 Å². The third kappa shape index (κ3) is 2.20. The van der Waals surface area contributed by atoms with Gasteiger partial charge in [-0.3, -0.25) is 0 Å². The zero-order valence-electron chi connectivity index (χ0n) is 11.1. The molecule has 0 aliphatic carbocycles. The number of nitrogens with two attached hydrogens (primary N) is 1. The molecule has 20 heavy (non-hydrogen) atoms. The molecule has 1 aromatic carbocycles. The van der Waals surface area contributed by atoms with E-state index < -0.39 is 0 Å². The minimum atomic E-state index is -0.308. The number of hydrogen-bond donors (Lipinski definition) is 1. The summed E-state index contributed by atoms with van der Waals surface area (Å²) in [5.41, 5.74) is 9.09. The SMILES string of the molecule is COc1ccc2c(C)c(C(N)c3csc(Cl)c3)oc2c1. The van der Waals surface area contributed by atoms with Gasteiger partial charge in [0.05, 0.1) is 17.5 Å². The molecule has 0 spiro atoms. The van der Waals surface area contributed by atoms with E-state index in [4.69, 9.17) is 26.5 Å². The first-order valence-corrected chi connectivity index (χ1v) is 7.42. The van der Waals surface area contributed by atoms with Crippen molar-refractivity contribution in [2.75, 3.05) is 7.11 Å². The molecule has 3 aromatic rings. The van der Waals surface area contributed by atoms with E-state index in [-0.39, 0.29) is 6.04 Å². The van der Waals surface area contributed by atoms with Crippen LogP contribution in [0.4, 0.5) is 0 Å². The fourth-order valence-corrected chi connectivity index (χ4v) is 3.21. The lowest BCUT2D eigenvalue weighted by molar-refractivity contribution is 0.414. The van der Waals surface area contributed by atoms with Gasteiger partial charge < -0.3 is 14.9 Å². The number of thiophene rings is 1. The van der Waals surface area contributed by atoms with Gasteiger partial charge >= 0.3 is 0 Å². The largest absolute Gasteiger partial charge is 0.497 e. The van der Waals surface area contributed by atoms with Gasteiger partial charge in [-0.2, -0.15) is 0 Å². The second-order valence-electron chi connectivity index (χ2n) is 4.62. The summed E-state index contributed by atoms with van der Waals surface area (Å²) in [5.74, 6) is 1.53. The second kappa shape index (κ2) is 5.13. The number of hydrogen-bond acceptors (Lipinski definition) is 4. The van der Waals surface area contributed by atoms with Crippen molar-refractivity contribution in [3.8, 4) is 5.75 Å². The van der Waals surface area contributed by atoms with Crippen molar-refractivity contribution in [3.63, 3.8) is 0 Å². The summed E-state index contributed by atoms with van der Waals surface area (Å²) >= 11 is 7.44. The van der Waals surface area contributed by atoms with Crippen LogP contribution in [0.15, 0.2) is 34.1 Å². The predicted molar refractivity (Wildman–Crippen MR) is 82.9 cm³/mol. The molecule has 0 fully saturated rings. The van der Waals surface area contributed by atoms with Crippen LogP contribution in [0.25, 0.3) is 11.0 Å². The first-order valence-electron chi connectivity index (χ1n) is 6.16. The predicted octanol–water partition coefficient (Wildman–Crippen LogP) is 4.51. The number of benzene rings is 1. The first-order chi connectivity index (χ1) is 9.60. The van der Waals surface area contributed by atoms with Gasteiger partial charge in [0.15, 0.2) is 0 Å². The number of halogens is 1. The lowest BCUT2D eigenvalue weighted by Crippen LogP contribution is -2.10. The number of methoxy groups -OCH3 is 1. The third-order valence-electron chi connectivity index (χ3n) is 3.41. The number of rotatable bonds is 3. The molecule has 0 saturated heterocycles. The molecule has 3 rings (SSSR count). The summed E-state index contributed by atoms with van der Waals surface area (Å²) in [5, 5.41) is 3.01. The second-order valence-corrected chi connectivity index (χ2v) is 6.16. The van der Waals surface area contributed by atoms with Gasteiger partial charge in [-0.05, 0) is 36.1 Å². The van der Waals surface area contributed by atoms with Crippen LogP contribution in [-0.4, -0.2) is 7.11 Å². The summed E-state index contributed by atoms with van der Waals surface area (Å²) < 4.78 is 11.9. The lowest BCUT2D eigenvalue weighted by atomic mass is 10.0. The summed E-state index contributed by atoms with van der Waals surface area (Å²) in [7, 11) is 1.64. The Morgan fingerprint density at radius 1 is 1.35 bits per heavy atom. The Morgan fingerprint density at radius 2 is 2.15 bits per heavy atom. The first kappa shape index (κ1) is 13.5. The standard InChI is InChI=1S/C15H14ClNO2S/c1-8-11-4-3-10(18-2)6-12(11)19-15(8)14(17)9-5-13(16)20-7-9/h3-7,14H,17H2,1-2H3. The highest BCUT2D eigenvalue weighted by Gasteiger charge is 2.20. The molecular weight excluding hydrogens is 294 g/mol. The van der Waals surface area contributed by atoms with E-state index in [0.717, 1.165) is 37.9 Å². The molecule has 0 aliphatic heterocycles. The van der Waals surface area contributed by atoms with Crippen LogP contribution >= 0.6 is 22.9 Å². The van der Waals surface area contributed by atoms with Crippen molar-refractivity contribution in [2.45, 2.75) is 13.0 Å². The molecule has 2 aromatic heterocycles. The topological polar surface area (TPSA) is 48.4 Å². The molecule has 1 unspecified atom stereocenters. The Kier molecular flexibility index (Phi) is 3.46. The van der Waals surface area contributed by atoms with Crippen LogP contribution in [0.3, 0.4) is 0 Å². The van der Waals surface area contributed by atoms with Gasteiger partial charge in [0.25, 0.3) is 0 Å². The van der Waals surface area contributed by atoms with E-state index in [9.17, 15) is 0 Å². The number of fused-ring (bicyclic) bond motifs is 1. The molecule has 0 radical (unpaired) electrons. The molecule has 2 heterocycles. The highest BCUT2D eigenvalue weighted by Crippen LogP contribution is 2.35. The van der Waals surface area contributed by atoms with Crippen molar-refractivity contribution >= 4 is 33.9 Å². The monoisotopic (exact) mass is 307 g/mol. The molecule has 0 saturated carbocycles. The molecular formula is C15H14ClNO2S. The van der Waals surface area contributed by atoms with E-state index >= 15 is 0 Å². The summed E-state index contributed by atoms with van der Waals surface area (Å²) in [6.45, 7) is 2.02. The number of aryl methyl sites for hydroxylation is 1. The average Bonchev–Trinajstić information content (AvgIpc) is 3.02. The maximum absolute atomic E-state index is 6.29. The van der Waals surface area contributed by atoms with Crippen LogP contribution in [0.1, 0.15) is 22.9 Å². The van der Waals surface area contributed by atoms with E-state index in [2.05, 4.69) is 0 Å². The van der Waals surface area contributed by atoms with Crippen molar-refractivity contribution in [3.05, 3.63) is 50.9 Å². The molecule has 3 nitrogen and oxygen atoms in total. The fourth-order valence-electron chi connectivity index (χ4n) is 2.29. The minimum Gasteiger partial charge on any atom is -0.497 e. The van der Waals surface area contributed by atoms with Gasteiger partial charge in [0, 0.05) is 17.0 Å².